The van der Waals surface area contributed by atoms with E-state index in [1.807, 2.05) is 42.5 Å². The molecule has 3 rings (SSSR count). The third-order valence-electron chi connectivity index (χ3n) is 3.13. The third kappa shape index (κ3) is 2.12. The zero-order valence-electron chi connectivity index (χ0n) is 10.7. The molecule has 20 heavy (non-hydrogen) atoms. The molecule has 2 aromatic carbocycles. The molecular weight excluding hydrogens is 320 g/mol. The third-order valence-corrected chi connectivity index (χ3v) is 3.95. The van der Waals surface area contributed by atoms with Crippen molar-refractivity contribution in [1.82, 2.24) is 0 Å². The van der Waals surface area contributed by atoms with Gasteiger partial charge in [0.2, 0.25) is 0 Å². The van der Waals surface area contributed by atoms with E-state index in [9.17, 15) is 4.79 Å². The molecule has 1 aliphatic rings. The lowest BCUT2D eigenvalue weighted by Crippen LogP contribution is -1.92. The molecule has 0 aromatic heterocycles. The fourth-order valence-corrected chi connectivity index (χ4v) is 2.65. The quantitative estimate of drug-likeness (QED) is 0.778. The number of benzene rings is 2. The smallest absolute Gasteiger partial charge is 0.344 e. The van der Waals surface area contributed by atoms with Crippen molar-refractivity contribution >= 4 is 32.1 Å². The molecule has 1 heterocycles. The Bertz CT molecular complexity index is 702. The van der Waals surface area contributed by atoms with Gasteiger partial charge in [0.1, 0.15) is 5.75 Å². The molecule has 0 saturated carbocycles. The standard InChI is InChI=1S/C16H11BrO3/c1-19-11-8-6-10(7-9-11)14(17)15-12-4-2-3-5-13(12)16(18)20-15/h2-9H,1H3. The van der Waals surface area contributed by atoms with Crippen LogP contribution in [0, 0.1) is 0 Å². The van der Waals surface area contributed by atoms with Gasteiger partial charge in [-0.3, -0.25) is 0 Å². The summed E-state index contributed by atoms with van der Waals surface area (Å²) < 4.78 is 11.2. The zero-order chi connectivity index (χ0) is 14.1. The molecule has 3 nitrogen and oxygen atoms in total. The highest BCUT2D eigenvalue weighted by atomic mass is 79.9. The van der Waals surface area contributed by atoms with Crippen LogP contribution >= 0.6 is 15.9 Å². The lowest BCUT2D eigenvalue weighted by Gasteiger charge is -2.06. The van der Waals surface area contributed by atoms with Crippen molar-refractivity contribution in [2.45, 2.75) is 0 Å². The number of methoxy groups -OCH3 is 1. The largest absolute Gasteiger partial charge is 0.497 e. The Morgan fingerprint density at radius 3 is 2.35 bits per heavy atom. The van der Waals surface area contributed by atoms with Crippen LogP contribution < -0.4 is 4.74 Å². The molecule has 0 amide bonds. The number of halogens is 1. The SMILES string of the molecule is COc1ccc(C(Br)=C2OC(=O)c3ccccc32)cc1. The van der Waals surface area contributed by atoms with Crippen molar-refractivity contribution in [3.63, 3.8) is 0 Å². The first-order valence-electron chi connectivity index (χ1n) is 6.06. The minimum absolute atomic E-state index is 0.318. The summed E-state index contributed by atoms with van der Waals surface area (Å²) in [4.78, 5) is 11.8. The van der Waals surface area contributed by atoms with Crippen LogP contribution in [0.3, 0.4) is 0 Å². The first-order chi connectivity index (χ1) is 9.70. The van der Waals surface area contributed by atoms with Crippen LogP contribution in [0.15, 0.2) is 48.5 Å². The van der Waals surface area contributed by atoms with E-state index in [1.54, 1.807) is 13.2 Å². The fourth-order valence-electron chi connectivity index (χ4n) is 2.09. The predicted molar refractivity (Wildman–Crippen MR) is 80.6 cm³/mol. The van der Waals surface area contributed by atoms with E-state index in [0.29, 0.717) is 11.3 Å². The average Bonchev–Trinajstić information content (AvgIpc) is 2.84. The number of ether oxygens (including phenoxy) is 2. The topological polar surface area (TPSA) is 35.5 Å². The molecule has 0 unspecified atom stereocenters. The molecule has 0 bridgehead atoms. The van der Waals surface area contributed by atoms with Gasteiger partial charge in [0, 0.05) is 5.56 Å². The highest BCUT2D eigenvalue weighted by Crippen LogP contribution is 2.38. The molecule has 2 aromatic rings. The molecule has 4 heteroatoms. The number of fused-ring (bicyclic) bond motifs is 1. The molecule has 0 N–H and O–H groups in total. The zero-order valence-corrected chi connectivity index (χ0v) is 12.3. The lowest BCUT2D eigenvalue weighted by atomic mass is 10.1. The van der Waals surface area contributed by atoms with E-state index in [4.69, 9.17) is 9.47 Å². The molecule has 0 aliphatic carbocycles. The van der Waals surface area contributed by atoms with Crippen molar-refractivity contribution in [1.29, 1.82) is 0 Å². The highest BCUT2D eigenvalue weighted by molar-refractivity contribution is 9.15. The van der Waals surface area contributed by atoms with Crippen molar-refractivity contribution < 1.29 is 14.3 Å². The minimum Gasteiger partial charge on any atom is -0.497 e. The summed E-state index contributed by atoms with van der Waals surface area (Å²) in [5.74, 6) is 1.01. The molecule has 0 atom stereocenters. The van der Waals surface area contributed by atoms with Gasteiger partial charge in [-0.05, 0) is 39.7 Å². The van der Waals surface area contributed by atoms with E-state index < -0.39 is 0 Å². The summed E-state index contributed by atoms with van der Waals surface area (Å²) in [6.45, 7) is 0. The van der Waals surface area contributed by atoms with E-state index in [0.717, 1.165) is 21.4 Å². The van der Waals surface area contributed by atoms with Gasteiger partial charge in [0.25, 0.3) is 0 Å². The van der Waals surface area contributed by atoms with Gasteiger partial charge in [-0.25, -0.2) is 4.79 Å². The Morgan fingerprint density at radius 1 is 1.05 bits per heavy atom. The van der Waals surface area contributed by atoms with Crippen molar-refractivity contribution in [3.05, 3.63) is 65.2 Å². The maximum atomic E-state index is 11.8. The molecule has 0 radical (unpaired) electrons. The monoisotopic (exact) mass is 330 g/mol. The Labute approximate surface area is 125 Å². The second-order valence-corrected chi connectivity index (χ2v) is 5.10. The molecule has 0 fully saturated rings. The van der Waals surface area contributed by atoms with Crippen LogP contribution in [0.5, 0.6) is 5.75 Å². The molecule has 0 spiro atoms. The van der Waals surface area contributed by atoms with Gasteiger partial charge in [-0.15, -0.1) is 0 Å². The molecular formula is C16H11BrO3. The Hall–Kier alpha value is -2.07. The number of cyclic esters (lactones) is 1. The van der Waals surface area contributed by atoms with E-state index >= 15 is 0 Å². The van der Waals surface area contributed by atoms with E-state index in [1.165, 1.54) is 0 Å². The summed E-state index contributed by atoms with van der Waals surface area (Å²) in [5, 5.41) is 0. The number of hydrogen-bond acceptors (Lipinski definition) is 3. The van der Waals surface area contributed by atoms with Gasteiger partial charge in [0.05, 0.1) is 17.2 Å². The molecule has 1 aliphatic heterocycles. The second-order valence-electron chi connectivity index (χ2n) is 4.31. The fraction of sp³-hybridized carbons (Fsp3) is 0.0625. The normalized spacial score (nSPS) is 15.6. The molecule has 0 saturated heterocycles. The van der Waals surface area contributed by atoms with Gasteiger partial charge >= 0.3 is 5.97 Å². The van der Waals surface area contributed by atoms with Gasteiger partial charge < -0.3 is 9.47 Å². The first kappa shape index (κ1) is 12.9. The van der Waals surface area contributed by atoms with Crippen LogP contribution in [0.1, 0.15) is 21.5 Å². The predicted octanol–water partition coefficient (Wildman–Crippen LogP) is 4.09. The van der Waals surface area contributed by atoms with Crippen LogP contribution in [0.4, 0.5) is 0 Å². The number of esters is 1. The Balaban J connectivity index is 2.08. The van der Waals surface area contributed by atoms with Crippen LogP contribution in [-0.2, 0) is 4.74 Å². The maximum absolute atomic E-state index is 11.8. The summed E-state index contributed by atoms with van der Waals surface area (Å²) in [5.41, 5.74) is 2.32. The summed E-state index contributed by atoms with van der Waals surface area (Å²) in [7, 11) is 1.62. The summed E-state index contributed by atoms with van der Waals surface area (Å²) >= 11 is 3.52. The maximum Gasteiger partial charge on any atom is 0.344 e. The van der Waals surface area contributed by atoms with E-state index in [-0.39, 0.29) is 5.97 Å². The number of rotatable bonds is 2. The van der Waals surface area contributed by atoms with Gasteiger partial charge in [-0.1, -0.05) is 30.3 Å². The lowest BCUT2D eigenvalue weighted by molar-refractivity contribution is 0.0717. The number of carbonyl (C=O) groups excluding carboxylic acids is 1. The van der Waals surface area contributed by atoms with Crippen LogP contribution in [0.25, 0.3) is 10.2 Å². The van der Waals surface area contributed by atoms with Crippen molar-refractivity contribution in [2.24, 2.45) is 0 Å². The Morgan fingerprint density at radius 2 is 1.70 bits per heavy atom. The average molecular weight is 331 g/mol. The van der Waals surface area contributed by atoms with Crippen LogP contribution in [-0.4, -0.2) is 13.1 Å². The summed E-state index contributed by atoms with van der Waals surface area (Å²) in [6, 6.07) is 14.9. The van der Waals surface area contributed by atoms with Crippen LogP contribution in [0.2, 0.25) is 0 Å². The number of hydrogen-bond donors (Lipinski definition) is 0. The van der Waals surface area contributed by atoms with Crippen molar-refractivity contribution in [3.8, 4) is 5.75 Å². The van der Waals surface area contributed by atoms with E-state index in [2.05, 4.69) is 15.9 Å². The molecule has 100 valence electrons. The minimum atomic E-state index is -0.318. The highest BCUT2D eigenvalue weighted by Gasteiger charge is 2.28. The van der Waals surface area contributed by atoms with Crippen molar-refractivity contribution in [2.75, 3.05) is 7.11 Å². The summed E-state index contributed by atoms with van der Waals surface area (Å²) in [6.07, 6.45) is 0. The van der Waals surface area contributed by atoms with Gasteiger partial charge in [-0.2, -0.15) is 0 Å². The van der Waals surface area contributed by atoms with Gasteiger partial charge in [0.15, 0.2) is 5.76 Å². The number of carbonyl (C=O) groups is 1. The first-order valence-corrected chi connectivity index (χ1v) is 6.86. The Kier molecular flexibility index (Phi) is 3.32. The second kappa shape index (κ2) is 5.13.